The predicted molar refractivity (Wildman–Crippen MR) is 134 cm³/mol. The lowest BCUT2D eigenvalue weighted by atomic mass is 10.1. The second-order valence-electron chi connectivity index (χ2n) is 7.83. The SMILES string of the molecule is O=C1c2c(OCc3ccccc3)c(=O)c(-c3nccs3)cn2CCN1Cc1ccc(Cl)c(Cl)c1. The maximum atomic E-state index is 13.6. The van der Waals surface area contributed by atoms with Crippen molar-refractivity contribution in [2.24, 2.45) is 0 Å². The van der Waals surface area contributed by atoms with Gasteiger partial charge in [0.1, 0.15) is 11.6 Å². The van der Waals surface area contributed by atoms with E-state index in [0.29, 0.717) is 40.3 Å². The summed E-state index contributed by atoms with van der Waals surface area (Å²) in [6.45, 7) is 1.51. The van der Waals surface area contributed by atoms with Gasteiger partial charge in [-0.05, 0) is 23.3 Å². The Morgan fingerprint density at radius 3 is 2.56 bits per heavy atom. The molecule has 6 nitrogen and oxygen atoms in total. The monoisotopic (exact) mass is 511 g/mol. The number of halogens is 2. The molecule has 3 heterocycles. The van der Waals surface area contributed by atoms with Gasteiger partial charge in [-0.25, -0.2) is 4.98 Å². The van der Waals surface area contributed by atoms with Crippen molar-refractivity contribution in [2.45, 2.75) is 19.7 Å². The number of carbonyl (C=O) groups excluding carboxylic acids is 1. The molecule has 0 spiro atoms. The lowest BCUT2D eigenvalue weighted by Crippen LogP contribution is -2.41. The Kier molecular flexibility index (Phi) is 6.41. The van der Waals surface area contributed by atoms with Gasteiger partial charge in [-0.15, -0.1) is 11.3 Å². The van der Waals surface area contributed by atoms with E-state index in [1.807, 2.05) is 41.8 Å². The van der Waals surface area contributed by atoms with Gasteiger partial charge in [-0.1, -0.05) is 59.6 Å². The maximum absolute atomic E-state index is 13.6. The molecule has 0 radical (unpaired) electrons. The van der Waals surface area contributed by atoms with E-state index < -0.39 is 0 Å². The van der Waals surface area contributed by atoms with Gasteiger partial charge in [0.2, 0.25) is 5.43 Å². The fraction of sp³-hybridized carbons (Fsp3) is 0.160. The summed E-state index contributed by atoms with van der Waals surface area (Å²) in [5, 5.41) is 3.29. The van der Waals surface area contributed by atoms with Crippen molar-refractivity contribution in [1.29, 1.82) is 0 Å². The number of hydrogen-bond donors (Lipinski definition) is 0. The molecule has 1 aliphatic rings. The van der Waals surface area contributed by atoms with E-state index in [4.69, 9.17) is 27.9 Å². The van der Waals surface area contributed by atoms with Gasteiger partial charge in [0.25, 0.3) is 5.91 Å². The van der Waals surface area contributed by atoms with Crippen LogP contribution in [0.1, 0.15) is 21.6 Å². The highest BCUT2D eigenvalue weighted by Gasteiger charge is 2.31. The summed E-state index contributed by atoms with van der Waals surface area (Å²) < 4.78 is 7.82. The number of rotatable bonds is 6. The summed E-state index contributed by atoms with van der Waals surface area (Å²) in [7, 11) is 0. The molecule has 0 saturated heterocycles. The molecule has 1 amide bonds. The van der Waals surface area contributed by atoms with Crippen LogP contribution in [0.3, 0.4) is 0 Å². The molecule has 5 rings (SSSR count). The van der Waals surface area contributed by atoms with Crippen molar-refractivity contribution in [3.63, 3.8) is 0 Å². The zero-order valence-electron chi connectivity index (χ0n) is 17.9. The molecule has 2 aromatic carbocycles. The number of hydrogen-bond acceptors (Lipinski definition) is 5. The number of aromatic nitrogens is 2. The number of ether oxygens (including phenoxy) is 1. The fourth-order valence-electron chi connectivity index (χ4n) is 3.90. The Bertz CT molecular complexity index is 1410. The lowest BCUT2D eigenvalue weighted by molar-refractivity contribution is 0.0680. The summed E-state index contributed by atoms with van der Waals surface area (Å²) in [4.78, 5) is 33.0. The highest BCUT2D eigenvalue weighted by molar-refractivity contribution is 7.13. The third kappa shape index (κ3) is 4.46. The van der Waals surface area contributed by atoms with Crippen LogP contribution >= 0.6 is 34.5 Å². The second kappa shape index (κ2) is 9.62. The van der Waals surface area contributed by atoms with Crippen LogP contribution in [-0.2, 0) is 19.7 Å². The van der Waals surface area contributed by atoms with Gasteiger partial charge in [0, 0.05) is 37.4 Å². The van der Waals surface area contributed by atoms with Crippen molar-refractivity contribution in [2.75, 3.05) is 6.54 Å². The minimum atomic E-state index is -0.345. The van der Waals surface area contributed by atoms with E-state index in [1.165, 1.54) is 11.3 Å². The van der Waals surface area contributed by atoms with Crippen molar-refractivity contribution < 1.29 is 9.53 Å². The molecular formula is C25H19Cl2N3O3S. The molecule has 0 N–H and O–H groups in total. The average Bonchev–Trinajstić information content (AvgIpc) is 3.38. The molecular weight excluding hydrogens is 493 g/mol. The van der Waals surface area contributed by atoms with Gasteiger partial charge in [-0.2, -0.15) is 0 Å². The highest BCUT2D eigenvalue weighted by atomic mass is 35.5. The molecule has 9 heteroatoms. The average molecular weight is 512 g/mol. The van der Waals surface area contributed by atoms with Crippen LogP contribution in [0.5, 0.6) is 5.75 Å². The van der Waals surface area contributed by atoms with Crippen LogP contribution in [0.4, 0.5) is 0 Å². The Balaban J connectivity index is 1.53. The molecule has 0 atom stereocenters. The molecule has 0 fully saturated rings. The number of benzene rings is 2. The summed E-state index contributed by atoms with van der Waals surface area (Å²) >= 11 is 13.6. The van der Waals surface area contributed by atoms with Crippen LogP contribution in [0.25, 0.3) is 10.6 Å². The number of amides is 1. The van der Waals surface area contributed by atoms with Gasteiger partial charge in [0.05, 0.1) is 15.6 Å². The van der Waals surface area contributed by atoms with Crippen LogP contribution in [-0.4, -0.2) is 26.9 Å². The molecule has 0 bridgehead atoms. The topological polar surface area (TPSA) is 64.4 Å². The van der Waals surface area contributed by atoms with E-state index >= 15 is 0 Å². The Morgan fingerprint density at radius 1 is 1.00 bits per heavy atom. The number of fused-ring (bicyclic) bond motifs is 1. The van der Waals surface area contributed by atoms with E-state index in [2.05, 4.69) is 4.98 Å². The number of carbonyl (C=O) groups is 1. The van der Waals surface area contributed by atoms with E-state index in [1.54, 1.807) is 34.0 Å². The van der Waals surface area contributed by atoms with E-state index in [0.717, 1.165) is 11.1 Å². The highest BCUT2D eigenvalue weighted by Crippen LogP contribution is 2.29. The smallest absolute Gasteiger partial charge is 0.274 e. The quantitative estimate of drug-likeness (QED) is 0.342. The normalized spacial score (nSPS) is 13.1. The summed E-state index contributed by atoms with van der Waals surface area (Å²) in [5.74, 6) is -0.233. The van der Waals surface area contributed by atoms with Crippen molar-refractivity contribution in [3.8, 4) is 16.3 Å². The molecule has 0 unspecified atom stereocenters. The van der Waals surface area contributed by atoms with Crippen molar-refractivity contribution >= 4 is 40.4 Å². The Hall–Kier alpha value is -3.13. The van der Waals surface area contributed by atoms with E-state index in [-0.39, 0.29) is 29.4 Å². The molecule has 0 aliphatic carbocycles. The molecule has 34 heavy (non-hydrogen) atoms. The summed E-state index contributed by atoms with van der Waals surface area (Å²) in [5.41, 5.74) is 2.07. The zero-order chi connectivity index (χ0) is 23.7. The minimum Gasteiger partial charge on any atom is -0.483 e. The van der Waals surface area contributed by atoms with Crippen LogP contribution in [0.2, 0.25) is 10.0 Å². The molecule has 2 aromatic heterocycles. The van der Waals surface area contributed by atoms with Crippen molar-refractivity contribution in [1.82, 2.24) is 14.5 Å². The van der Waals surface area contributed by atoms with Gasteiger partial charge in [-0.3, -0.25) is 9.59 Å². The first kappa shape index (κ1) is 22.7. The molecule has 4 aromatic rings. The van der Waals surface area contributed by atoms with Crippen molar-refractivity contribution in [3.05, 3.63) is 103 Å². The minimum absolute atomic E-state index is 0.0420. The first-order valence-electron chi connectivity index (χ1n) is 10.6. The van der Waals surface area contributed by atoms with Crippen LogP contribution in [0.15, 0.2) is 71.1 Å². The summed E-state index contributed by atoms with van der Waals surface area (Å²) in [6.07, 6.45) is 3.36. The van der Waals surface area contributed by atoms with Gasteiger partial charge in [0.15, 0.2) is 11.4 Å². The van der Waals surface area contributed by atoms with Crippen LogP contribution < -0.4 is 10.2 Å². The first-order valence-corrected chi connectivity index (χ1v) is 12.2. The molecule has 1 aliphatic heterocycles. The van der Waals surface area contributed by atoms with E-state index in [9.17, 15) is 9.59 Å². The largest absolute Gasteiger partial charge is 0.483 e. The second-order valence-corrected chi connectivity index (χ2v) is 9.54. The predicted octanol–water partition coefficient (Wildman–Crippen LogP) is 5.51. The standard InChI is InChI=1S/C25H19Cl2N3O3S/c26-19-7-6-17(12-20(19)27)13-30-10-9-29-14-18(24-28-8-11-34-24)22(31)23(21(29)25(30)32)33-15-16-4-2-1-3-5-16/h1-8,11-12,14H,9-10,13,15H2. The maximum Gasteiger partial charge on any atom is 0.274 e. The van der Waals surface area contributed by atoms with Gasteiger partial charge >= 0.3 is 0 Å². The fourth-order valence-corrected chi connectivity index (χ4v) is 4.86. The molecule has 0 saturated carbocycles. The number of nitrogens with zero attached hydrogens (tertiary/aromatic N) is 3. The summed E-state index contributed by atoms with van der Waals surface area (Å²) in [6, 6.07) is 14.8. The third-order valence-corrected chi connectivity index (χ3v) is 7.13. The third-order valence-electron chi connectivity index (χ3n) is 5.58. The number of thiazole rings is 1. The zero-order valence-corrected chi connectivity index (χ0v) is 20.2. The first-order chi connectivity index (χ1) is 16.5. The lowest BCUT2D eigenvalue weighted by Gasteiger charge is -2.31. The Labute approximate surface area is 210 Å². The Morgan fingerprint density at radius 2 is 1.82 bits per heavy atom. The number of pyridine rings is 1. The molecule has 172 valence electrons. The van der Waals surface area contributed by atoms with Gasteiger partial charge < -0.3 is 14.2 Å². The van der Waals surface area contributed by atoms with Crippen LogP contribution in [0, 0.1) is 0 Å².